The second-order valence-corrected chi connectivity index (χ2v) is 8.09. The lowest BCUT2D eigenvalue weighted by Crippen LogP contribution is -2.29. The standard InChI is InChI=1S/C25H24ClN3O4/c1-15-4-6-17(7-5-15)24(30)29-11-10-16-8-9-18(12-21(16)29)27-25(31)28-20-13-19(26)22(32-2)14-23(20)33-3/h4-9,12-14H,10-11H2,1-3H3,(H2,27,28,31). The smallest absolute Gasteiger partial charge is 0.323 e. The van der Waals surface area contributed by atoms with Crippen molar-refractivity contribution in [3.63, 3.8) is 0 Å². The first-order chi connectivity index (χ1) is 15.9. The number of aryl methyl sites for hydroxylation is 1. The van der Waals surface area contributed by atoms with Crippen LogP contribution in [0.4, 0.5) is 21.9 Å². The lowest BCUT2D eigenvalue weighted by atomic mass is 10.1. The first-order valence-corrected chi connectivity index (χ1v) is 10.8. The number of ether oxygens (including phenoxy) is 2. The van der Waals surface area contributed by atoms with Crippen molar-refractivity contribution in [1.29, 1.82) is 0 Å². The molecule has 33 heavy (non-hydrogen) atoms. The van der Waals surface area contributed by atoms with Crippen LogP contribution in [0.2, 0.25) is 5.02 Å². The lowest BCUT2D eigenvalue weighted by molar-refractivity contribution is 0.0989. The number of nitrogens with one attached hydrogen (secondary N) is 2. The lowest BCUT2D eigenvalue weighted by Gasteiger charge is -2.19. The zero-order valence-corrected chi connectivity index (χ0v) is 19.3. The Balaban J connectivity index is 1.51. The summed E-state index contributed by atoms with van der Waals surface area (Å²) in [6, 6.07) is 15.8. The van der Waals surface area contributed by atoms with E-state index in [4.69, 9.17) is 21.1 Å². The van der Waals surface area contributed by atoms with E-state index in [1.54, 1.807) is 17.0 Å². The number of anilines is 3. The summed E-state index contributed by atoms with van der Waals surface area (Å²) in [6.45, 7) is 2.58. The van der Waals surface area contributed by atoms with E-state index in [1.807, 2.05) is 49.4 Å². The van der Waals surface area contributed by atoms with Crippen LogP contribution in [0.3, 0.4) is 0 Å². The topological polar surface area (TPSA) is 79.9 Å². The van der Waals surface area contributed by atoms with E-state index in [9.17, 15) is 9.59 Å². The van der Waals surface area contributed by atoms with Gasteiger partial charge in [0.25, 0.3) is 5.91 Å². The molecular weight excluding hydrogens is 442 g/mol. The molecule has 0 spiro atoms. The van der Waals surface area contributed by atoms with Crippen LogP contribution in [0, 0.1) is 6.92 Å². The van der Waals surface area contributed by atoms with Crippen LogP contribution in [0.1, 0.15) is 21.5 Å². The van der Waals surface area contributed by atoms with Gasteiger partial charge in [0.05, 0.1) is 24.9 Å². The molecule has 3 amide bonds. The van der Waals surface area contributed by atoms with E-state index in [-0.39, 0.29) is 5.91 Å². The number of urea groups is 1. The van der Waals surface area contributed by atoms with Crippen molar-refractivity contribution in [2.75, 3.05) is 36.3 Å². The Hall–Kier alpha value is -3.71. The molecule has 0 saturated carbocycles. The summed E-state index contributed by atoms with van der Waals surface area (Å²) in [4.78, 5) is 27.4. The molecule has 8 heteroatoms. The molecule has 0 aliphatic carbocycles. The zero-order chi connectivity index (χ0) is 23.5. The van der Waals surface area contributed by atoms with Crippen molar-refractivity contribution in [2.24, 2.45) is 0 Å². The van der Waals surface area contributed by atoms with Crippen molar-refractivity contribution in [3.8, 4) is 11.5 Å². The van der Waals surface area contributed by atoms with Gasteiger partial charge in [-0.25, -0.2) is 4.79 Å². The highest BCUT2D eigenvalue weighted by atomic mass is 35.5. The Morgan fingerprint density at radius 1 is 0.939 bits per heavy atom. The molecule has 0 fully saturated rings. The maximum atomic E-state index is 13.0. The van der Waals surface area contributed by atoms with Crippen molar-refractivity contribution in [3.05, 3.63) is 76.3 Å². The molecule has 7 nitrogen and oxygen atoms in total. The molecule has 0 bridgehead atoms. The van der Waals surface area contributed by atoms with Gasteiger partial charge in [-0.1, -0.05) is 35.4 Å². The number of rotatable bonds is 5. The Bertz CT molecular complexity index is 1210. The van der Waals surface area contributed by atoms with Gasteiger partial charge < -0.3 is 25.0 Å². The average molecular weight is 466 g/mol. The number of benzene rings is 3. The second-order valence-electron chi connectivity index (χ2n) is 7.68. The minimum absolute atomic E-state index is 0.0621. The van der Waals surface area contributed by atoms with E-state index in [0.29, 0.717) is 40.0 Å². The molecular formula is C25H24ClN3O4. The Kier molecular flexibility index (Phi) is 6.42. The van der Waals surface area contributed by atoms with Gasteiger partial charge in [0, 0.05) is 29.5 Å². The molecule has 2 N–H and O–H groups in total. The molecule has 4 rings (SSSR count). The largest absolute Gasteiger partial charge is 0.495 e. The number of fused-ring (bicyclic) bond motifs is 1. The summed E-state index contributed by atoms with van der Waals surface area (Å²) in [5.74, 6) is 0.791. The first-order valence-electron chi connectivity index (χ1n) is 10.4. The second kappa shape index (κ2) is 9.42. The van der Waals surface area contributed by atoms with Gasteiger partial charge >= 0.3 is 6.03 Å². The highest BCUT2D eigenvalue weighted by Crippen LogP contribution is 2.36. The number of amides is 3. The van der Waals surface area contributed by atoms with Gasteiger partial charge in [0.2, 0.25) is 0 Å². The number of carbonyl (C=O) groups is 2. The number of hydrogen-bond donors (Lipinski definition) is 2. The van der Waals surface area contributed by atoms with Crippen LogP contribution in [0.5, 0.6) is 11.5 Å². The highest BCUT2D eigenvalue weighted by molar-refractivity contribution is 6.32. The number of hydrogen-bond acceptors (Lipinski definition) is 4. The predicted molar refractivity (Wildman–Crippen MR) is 130 cm³/mol. The van der Waals surface area contributed by atoms with E-state index in [0.717, 1.165) is 23.2 Å². The Morgan fingerprint density at radius 2 is 1.67 bits per heavy atom. The van der Waals surface area contributed by atoms with Crippen LogP contribution < -0.4 is 25.0 Å². The van der Waals surface area contributed by atoms with Crippen molar-refractivity contribution in [1.82, 2.24) is 0 Å². The summed E-state index contributed by atoms with van der Waals surface area (Å²) < 4.78 is 10.5. The van der Waals surface area contributed by atoms with Gasteiger partial charge in [-0.2, -0.15) is 0 Å². The predicted octanol–water partition coefficient (Wildman–Crippen LogP) is 5.51. The summed E-state index contributed by atoms with van der Waals surface area (Å²) in [6.07, 6.45) is 0.765. The van der Waals surface area contributed by atoms with E-state index in [2.05, 4.69) is 10.6 Å². The molecule has 0 aromatic heterocycles. The number of carbonyl (C=O) groups excluding carboxylic acids is 2. The number of methoxy groups -OCH3 is 2. The van der Waals surface area contributed by atoms with E-state index in [1.165, 1.54) is 14.2 Å². The molecule has 3 aromatic rings. The van der Waals surface area contributed by atoms with Crippen molar-refractivity contribution < 1.29 is 19.1 Å². The summed E-state index contributed by atoms with van der Waals surface area (Å²) >= 11 is 6.18. The van der Waals surface area contributed by atoms with Crippen molar-refractivity contribution >= 4 is 40.6 Å². The number of nitrogens with zero attached hydrogens (tertiary/aromatic N) is 1. The summed E-state index contributed by atoms with van der Waals surface area (Å²) in [7, 11) is 2.99. The van der Waals surface area contributed by atoms with Gasteiger partial charge in [0.15, 0.2) is 0 Å². The van der Waals surface area contributed by atoms with Crippen molar-refractivity contribution in [2.45, 2.75) is 13.3 Å². The van der Waals surface area contributed by atoms with Crippen LogP contribution in [0.25, 0.3) is 0 Å². The molecule has 1 aliphatic heterocycles. The molecule has 0 saturated heterocycles. The Morgan fingerprint density at radius 3 is 2.36 bits per heavy atom. The van der Waals surface area contributed by atoms with Gasteiger partial charge in [0.1, 0.15) is 11.5 Å². The highest BCUT2D eigenvalue weighted by Gasteiger charge is 2.26. The quantitative estimate of drug-likeness (QED) is 0.520. The van der Waals surface area contributed by atoms with Crippen LogP contribution >= 0.6 is 11.6 Å². The minimum Gasteiger partial charge on any atom is -0.495 e. The van der Waals surface area contributed by atoms with E-state index < -0.39 is 6.03 Å². The SMILES string of the molecule is COc1cc(OC)c(NC(=O)Nc2ccc3c(c2)N(C(=O)c2ccc(C)cc2)CC3)cc1Cl. The third kappa shape index (κ3) is 4.73. The van der Waals surface area contributed by atoms with Crippen LogP contribution in [-0.4, -0.2) is 32.7 Å². The average Bonchev–Trinajstić information content (AvgIpc) is 3.22. The molecule has 0 radical (unpaired) electrons. The minimum atomic E-state index is -0.469. The van der Waals surface area contributed by atoms with Crippen LogP contribution in [0.15, 0.2) is 54.6 Å². The molecule has 3 aromatic carbocycles. The zero-order valence-electron chi connectivity index (χ0n) is 18.6. The molecule has 170 valence electrons. The van der Waals surface area contributed by atoms with Gasteiger partial charge in [-0.05, 0) is 49.2 Å². The molecule has 1 heterocycles. The number of halogens is 1. The third-order valence-electron chi connectivity index (χ3n) is 5.50. The normalized spacial score (nSPS) is 12.2. The summed E-state index contributed by atoms with van der Waals surface area (Å²) in [5.41, 5.74) is 4.55. The maximum absolute atomic E-state index is 13.0. The fourth-order valence-corrected chi connectivity index (χ4v) is 4.00. The van der Waals surface area contributed by atoms with Crippen LogP contribution in [-0.2, 0) is 6.42 Å². The maximum Gasteiger partial charge on any atom is 0.323 e. The van der Waals surface area contributed by atoms with Gasteiger partial charge in [-0.3, -0.25) is 4.79 Å². The fourth-order valence-electron chi connectivity index (χ4n) is 3.76. The molecule has 1 aliphatic rings. The fraction of sp³-hybridized carbons (Fsp3) is 0.200. The first kappa shape index (κ1) is 22.5. The third-order valence-corrected chi connectivity index (χ3v) is 5.80. The Labute approximate surface area is 197 Å². The summed E-state index contributed by atoms with van der Waals surface area (Å²) in [5, 5.41) is 5.89. The van der Waals surface area contributed by atoms with E-state index >= 15 is 0 Å². The van der Waals surface area contributed by atoms with Gasteiger partial charge in [-0.15, -0.1) is 0 Å². The molecule has 0 unspecified atom stereocenters. The monoisotopic (exact) mass is 465 g/mol. The molecule has 0 atom stereocenters.